The van der Waals surface area contributed by atoms with E-state index >= 15 is 0 Å². The van der Waals surface area contributed by atoms with Crippen molar-refractivity contribution in [3.63, 3.8) is 0 Å². The average Bonchev–Trinajstić information content (AvgIpc) is 1.38. The summed E-state index contributed by atoms with van der Waals surface area (Å²) < 4.78 is 0. The Morgan fingerprint density at radius 1 is 0.372 bits per heavy atom. The Balaban J connectivity index is 0.000000146. The molecular weight excluding hydrogens is 1710 g/mol. The Labute approximate surface area is 814 Å². The van der Waals surface area contributed by atoms with Crippen LogP contribution in [0, 0.1) is 42.5 Å². The first kappa shape index (κ1) is 102. The molecule has 0 bridgehead atoms. The Morgan fingerprint density at radius 2 is 0.715 bits per heavy atom. The minimum Gasteiger partial charge on any atom is -0.361 e. The highest BCUT2D eigenvalue weighted by molar-refractivity contribution is 6.45. The minimum atomic E-state index is -0.263. The Hall–Kier alpha value is -11.2. The zero-order valence-corrected chi connectivity index (χ0v) is 84.4. The van der Waals surface area contributed by atoms with E-state index in [0.29, 0.717) is 71.0 Å². The number of nitrogens with zero attached hydrogens (tertiary/aromatic N) is 20. The molecule has 12 heterocycles. The summed E-state index contributed by atoms with van der Waals surface area (Å²) in [4.78, 5) is 121. The predicted octanol–water partition coefficient (Wildman–Crippen LogP) is 18.7. The van der Waals surface area contributed by atoms with E-state index in [1.165, 1.54) is 55.2 Å². The van der Waals surface area contributed by atoms with Crippen LogP contribution in [0.4, 0.5) is 28.6 Å². The van der Waals surface area contributed by atoms with Crippen LogP contribution in [-0.2, 0) is 41.3 Å². The van der Waals surface area contributed by atoms with Gasteiger partial charge in [0, 0.05) is 143 Å². The van der Waals surface area contributed by atoms with Crippen molar-refractivity contribution in [2.75, 3.05) is 172 Å². The van der Waals surface area contributed by atoms with Crippen molar-refractivity contribution in [2.24, 2.45) is 31.2 Å². The van der Waals surface area contributed by atoms with Gasteiger partial charge >= 0.3 is 0 Å². The van der Waals surface area contributed by atoms with Crippen LogP contribution in [0.5, 0.6) is 0 Å². The second-order valence-corrected chi connectivity index (χ2v) is 43.0. The molecule has 28 heteroatoms. The molecule has 13 aliphatic rings. The molecule has 4 aromatic rings. The van der Waals surface area contributed by atoms with Crippen LogP contribution in [0.3, 0.4) is 0 Å². The molecule has 4 aromatic heterocycles. The zero-order valence-electron chi connectivity index (χ0n) is 84.4. The molecule has 0 unspecified atom stereocenters. The molecular formula is C109H146N24O4. The molecule has 137 heavy (non-hydrogen) atoms. The van der Waals surface area contributed by atoms with E-state index in [9.17, 15) is 19.2 Å². The quantitative estimate of drug-likeness (QED) is 0.0566. The Bertz CT molecular complexity index is 5710. The topological polar surface area (TPSA) is 252 Å². The number of allylic oxidation sites excluding steroid dienone is 11. The summed E-state index contributed by atoms with van der Waals surface area (Å²) in [6.07, 6.45) is 35.4. The molecule has 0 aromatic carbocycles. The Kier molecular flexibility index (Phi) is 32.6. The van der Waals surface area contributed by atoms with E-state index in [-0.39, 0.29) is 68.3 Å². The van der Waals surface area contributed by atoms with Crippen LogP contribution in [0.15, 0.2) is 141 Å². The number of pyridine rings is 4. The highest BCUT2D eigenvalue weighted by Gasteiger charge is 2.42. The van der Waals surface area contributed by atoms with Crippen molar-refractivity contribution in [2.45, 2.75) is 241 Å². The summed E-state index contributed by atoms with van der Waals surface area (Å²) in [5, 5.41) is 12.3. The molecule has 726 valence electrons. The number of carbonyl (C=O) groups is 4. The number of likely N-dealkylation sites (N-methyl/N-ethyl adjacent to an activating group) is 4. The fourth-order valence-corrected chi connectivity index (χ4v) is 20.8. The number of aromatic nitrogens is 4. The average molecular weight is 1860 g/mol. The van der Waals surface area contributed by atoms with Gasteiger partial charge in [0.25, 0.3) is 41.1 Å². The third-order valence-electron chi connectivity index (χ3n) is 31.0. The van der Waals surface area contributed by atoms with E-state index < -0.39 is 0 Å². The summed E-state index contributed by atoms with van der Waals surface area (Å²) in [5.41, 5.74) is 15.8. The number of aliphatic imine (C=N–C) groups is 3. The van der Waals surface area contributed by atoms with Crippen LogP contribution in [0.1, 0.15) is 258 Å². The summed E-state index contributed by atoms with van der Waals surface area (Å²) in [7, 11) is 6.52. The number of nitrogens with one attached hydrogen (secondary N) is 4. The number of hydrogen-bond acceptors (Lipinski definition) is 20. The van der Waals surface area contributed by atoms with E-state index in [1.54, 1.807) is 30.4 Å². The van der Waals surface area contributed by atoms with Gasteiger partial charge in [0.2, 0.25) is 0 Å². The standard InChI is InChI=1S/C29H38N6O.C28H38N6O.C27H36N6O.C25H34N6O/c1-28(2,35-19-17-34(4)18-20-35)24-9-7-22(32-27(36)23-8-10-25(30-3)31-23)26(33-24)21-11-15-29(16-12-21)13-5-6-14-29;1-7-33-16-18-34(19-17-33)28(4,5)23-10-8-21(31-26(35)22-9-11-24(29-6)30-22)25(32-23)20-12-14-27(2,3)15-13-20;1-26(2)13-11-19(12-14-26)24-20(30-25(34)21-8-10-23(28-5)29-21)7-9-22(31-24)27(3,4)33-17-15-32(6)16-18-33;1-25(2,31-16-14-29(4)15-17-31)22-11-10-21(23(28-22)30-12-6-5-7-13-30)27-24(32)19-8-9-20(18-19)26-3/h7,9-11H,5-6,8,12-20H2,1-2,4H3,(H,32,36);8,10-12H,7,9,13-19H2,1-5H3,(H,31,35);7,9-11H,8,12-18H2,1-4,6H3,(H,30,34);9-11,18H,5-8,12-17H2,1-2,4H3,(H,27,32). The lowest BCUT2D eigenvalue weighted by Gasteiger charge is -2.43. The number of amides is 4. The lowest BCUT2D eigenvalue weighted by atomic mass is 9.73. The van der Waals surface area contributed by atoms with Crippen LogP contribution >= 0.6 is 0 Å². The first-order valence-electron chi connectivity index (χ1n) is 50.1. The van der Waals surface area contributed by atoms with Gasteiger partial charge in [0.05, 0.1) is 91.3 Å². The van der Waals surface area contributed by atoms with Gasteiger partial charge in [-0.3, -0.25) is 38.8 Å². The lowest BCUT2D eigenvalue weighted by molar-refractivity contribution is -0.113. The summed E-state index contributed by atoms with van der Waals surface area (Å²) in [6.45, 7) is 77.6. The SMILES string of the molecule is [C-]#[N+]C1=CCC(C(=O)Nc2ccc(C(C)(C)N3CCN(C)CC3)nc2C2=CCC(C)(C)CC2)=N1.[C-]#[N+]C1=CCC(C(=O)Nc2ccc(C(C)(C)N3CCN(C)CC3)nc2C2=CCC3(CCCC3)CC2)=N1.[C-]#[N+]C1=CCC(C(=O)Nc2ccc(C(C)(C)N3CCN(C)CC3)nc2N2CCCCC2)=C1.[C-]#[N+]C1=CCC(C(=O)Nc2ccc(C(C)(C)N3CCN(CC)CC3)nc2C2=CCC(C)(C)CC2)=N1. The maximum Gasteiger partial charge on any atom is 0.294 e. The molecule has 28 nitrogen and oxygen atoms in total. The van der Waals surface area contributed by atoms with Crippen LogP contribution < -0.4 is 26.2 Å². The van der Waals surface area contributed by atoms with Crippen molar-refractivity contribution in [1.29, 1.82) is 0 Å². The van der Waals surface area contributed by atoms with Gasteiger partial charge in [0.1, 0.15) is 0 Å². The molecule has 5 saturated heterocycles. The van der Waals surface area contributed by atoms with Crippen LogP contribution in [0.25, 0.3) is 36.1 Å². The van der Waals surface area contributed by atoms with E-state index in [1.807, 2.05) is 30.3 Å². The second kappa shape index (κ2) is 43.9. The molecule has 0 radical (unpaired) electrons. The largest absolute Gasteiger partial charge is 0.361 e. The lowest BCUT2D eigenvalue weighted by Crippen LogP contribution is -2.53. The van der Waals surface area contributed by atoms with E-state index in [4.69, 9.17) is 46.2 Å². The normalized spacial score (nSPS) is 21.4. The highest BCUT2D eigenvalue weighted by atomic mass is 16.2. The molecule has 4 N–H and O–H groups in total. The van der Waals surface area contributed by atoms with E-state index in [0.717, 1.165) is 251 Å². The molecule has 0 atom stereocenters. The van der Waals surface area contributed by atoms with Gasteiger partial charge in [-0.05, 0) is 267 Å². The van der Waals surface area contributed by atoms with Gasteiger partial charge in [-0.25, -0.2) is 24.8 Å². The van der Waals surface area contributed by atoms with Crippen molar-refractivity contribution in [3.05, 3.63) is 211 Å². The molecule has 1 spiro atoms. The molecule has 5 aliphatic carbocycles. The highest BCUT2D eigenvalue weighted by Crippen LogP contribution is 2.51. The first-order chi connectivity index (χ1) is 65.4. The predicted molar refractivity (Wildman–Crippen MR) is 552 cm³/mol. The number of carbonyl (C=O) groups excluding carboxylic acids is 4. The van der Waals surface area contributed by atoms with Crippen molar-refractivity contribution >= 4 is 86.1 Å². The number of hydrogen-bond donors (Lipinski definition) is 4. The molecule has 8 aliphatic heterocycles. The summed E-state index contributed by atoms with van der Waals surface area (Å²) >= 11 is 0. The number of anilines is 5. The third kappa shape index (κ3) is 24.8. The fourth-order valence-electron chi connectivity index (χ4n) is 20.8. The maximum atomic E-state index is 13.0. The second-order valence-electron chi connectivity index (χ2n) is 43.0. The number of rotatable bonds is 21. The smallest absolute Gasteiger partial charge is 0.294 e. The van der Waals surface area contributed by atoms with Crippen molar-refractivity contribution in [1.82, 2.24) is 59.1 Å². The van der Waals surface area contributed by atoms with E-state index in [2.05, 4.69) is 247 Å². The molecule has 1 saturated carbocycles. The molecule has 6 fully saturated rings. The van der Waals surface area contributed by atoms with Gasteiger partial charge in [-0.15, -0.1) is 15.0 Å². The minimum absolute atomic E-state index is 0.147. The van der Waals surface area contributed by atoms with Crippen molar-refractivity contribution in [3.8, 4) is 0 Å². The first-order valence-corrected chi connectivity index (χ1v) is 50.1. The van der Waals surface area contributed by atoms with Gasteiger partial charge in [0.15, 0.2) is 28.6 Å². The Morgan fingerprint density at radius 3 is 1.04 bits per heavy atom. The van der Waals surface area contributed by atoms with Crippen LogP contribution in [0.2, 0.25) is 0 Å². The van der Waals surface area contributed by atoms with Crippen LogP contribution in [-0.4, -0.2) is 245 Å². The molecule has 4 amide bonds. The van der Waals surface area contributed by atoms with Gasteiger partial charge in [-0.1, -0.05) is 110 Å². The summed E-state index contributed by atoms with van der Waals surface area (Å²) in [6, 6.07) is 16.3. The number of piperazine rings is 4. The maximum absolute atomic E-state index is 13.0. The van der Waals surface area contributed by atoms with Gasteiger partial charge < -0.3 is 60.3 Å². The van der Waals surface area contributed by atoms with Gasteiger partial charge in [-0.2, -0.15) is 0 Å². The van der Waals surface area contributed by atoms with Crippen molar-refractivity contribution < 1.29 is 19.2 Å². The monoisotopic (exact) mass is 1860 g/mol. The zero-order chi connectivity index (χ0) is 97.8. The summed E-state index contributed by atoms with van der Waals surface area (Å²) in [5.74, 6) is 0.808. The molecule has 17 rings (SSSR count). The number of piperidine rings is 1. The third-order valence-corrected chi connectivity index (χ3v) is 31.0. The fraction of sp³-hybridized carbons (Fsp3) is 0.569.